The van der Waals surface area contributed by atoms with E-state index in [1.54, 1.807) is 20.3 Å². The van der Waals surface area contributed by atoms with Crippen LogP contribution in [0.4, 0.5) is 0 Å². The fraction of sp³-hybridized carbons (Fsp3) is 0.281. The van der Waals surface area contributed by atoms with Gasteiger partial charge in [0.25, 0.3) is 5.56 Å². The molecule has 7 heteroatoms. The summed E-state index contributed by atoms with van der Waals surface area (Å²) in [6, 6.07) is 28.4. The van der Waals surface area contributed by atoms with Crippen LogP contribution in [-0.4, -0.2) is 47.9 Å². The van der Waals surface area contributed by atoms with E-state index in [0.717, 1.165) is 29.5 Å². The molecule has 1 saturated heterocycles. The summed E-state index contributed by atoms with van der Waals surface area (Å²) in [4.78, 5) is 29.2. The summed E-state index contributed by atoms with van der Waals surface area (Å²) in [7, 11) is 3.18. The molecule has 200 valence electrons. The van der Waals surface area contributed by atoms with Gasteiger partial charge in [0.15, 0.2) is 11.5 Å². The molecule has 0 aliphatic carbocycles. The first-order chi connectivity index (χ1) is 19.0. The lowest BCUT2D eigenvalue weighted by Gasteiger charge is -2.39. The van der Waals surface area contributed by atoms with Crippen LogP contribution in [0.3, 0.4) is 0 Å². The molecule has 2 heterocycles. The van der Waals surface area contributed by atoms with Crippen LogP contribution in [0.15, 0.2) is 95.8 Å². The Labute approximate surface area is 228 Å². The van der Waals surface area contributed by atoms with Crippen molar-refractivity contribution in [3.8, 4) is 22.8 Å². The van der Waals surface area contributed by atoms with E-state index < -0.39 is 5.41 Å². The molecule has 7 nitrogen and oxygen atoms in total. The van der Waals surface area contributed by atoms with Gasteiger partial charge in [-0.25, -0.2) is 4.68 Å². The molecule has 1 amide bonds. The zero-order valence-electron chi connectivity index (χ0n) is 22.5. The number of hydrogen-bond acceptors (Lipinski definition) is 5. The number of benzene rings is 3. The van der Waals surface area contributed by atoms with Crippen molar-refractivity contribution in [3.63, 3.8) is 0 Å². The second-order valence-corrected chi connectivity index (χ2v) is 9.98. The van der Waals surface area contributed by atoms with Crippen molar-refractivity contribution in [1.29, 1.82) is 0 Å². The number of aromatic nitrogens is 2. The topological polar surface area (TPSA) is 73.7 Å². The molecule has 1 fully saturated rings. The Morgan fingerprint density at radius 1 is 0.872 bits per heavy atom. The number of hydrogen-bond donors (Lipinski definition) is 0. The minimum absolute atomic E-state index is 0.0219. The predicted molar refractivity (Wildman–Crippen MR) is 151 cm³/mol. The van der Waals surface area contributed by atoms with Crippen LogP contribution >= 0.6 is 0 Å². The number of ether oxygens (including phenoxy) is 2. The summed E-state index contributed by atoms with van der Waals surface area (Å²) in [5, 5.41) is 4.74. The highest BCUT2D eigenvalue weighted by molar-refractivity contribution is 5.91. The van der Waals surface area contributed by atoms with Crippen LogP contribution in [-0.2, 0) is 10.2 Å². The molecule has 0 saturated carbocycles. The number of carbonyl (C=O) groups is 1. The molecule has 5 rings (SSSR count). The molecule has 0 bridgehead atoms. The van der Waals surface area contributed by atoms with Crippen molar-refractivity contribution in [2.45, 2.75) is 31.2 Å². The number of nitrogens with zero attached hydrogens (tertiary/aromatic N) is 3. The second-order valence-electron chi connectivity index (χ2n) is 9.98. The molecule has 0 radical (unpaired) electrons. The van der Waals surface area contributed by atoms with Crippen LogP contribution in [0.5, 0.6) is 11.5 Å². The van der Waals surface area contributed by atoms with Crippen molar-refractivity contribution in [2.75, 3.05) is 27.3 Å². The summed E-state index contributed by atoms with van der Waals surface area (Å²) in [6.45, 7) is 3.04. The van der Waals surface area contributed by atoms with E-state index in [1.807, 2.05) is 90.7 Å². The van der Waals surface area contributed by atoms with E-state index in [4.69, 9.17) is 14.6 Å². The molecule has 39 heavy (non-hydrogen) atoms. The van der Waals surface area contributed by atoms with Crippen LogP contribution in [0.1, 0.15) is 36.9 Å². The molecular formula is C32H33N3O4. The maximum Gasteiger partial charge on any atom is 0.267 e. The molecule has 0 spiro atoms. The van der Waals surface area contributed by atoms with Gasteiger partial charge < -0.3 is 14.4 Å². The summed E-state index contributed by atoms with van der Waals surface area (Å²) in [5.41, 5.74) is 2.29. The minimum atomic E-state index is -0.857. The number of amides is 1. The van der Waals surface area contributed by atoms with Crippen LogP contribution < -0.4 is 15.0 Å². The van der Waals surface area contributed by atoms with E-state index in [9.17, 15) is 9.59 Å². The van der Waals surface area contributed by atoms with E-state index in [2.05, 4.69) is 0 Å². The first-order valence-electron chi connectivity index (χ1n) is 13.2. The largest absolute Gasteiger partial charge is 0.493 e. The number of methoxy groups -OCH3 is 2. The smallest absolute Gasteiger partial charge is 0.267 e. The van der Waals surface area contributed by atoms with Crippen LogP contribution in [0, 0.1) is 0 Å². The third kappa shape index (κ3) is 5.04. The van der Waals surface area contributed by atoms with E-state index in [-0.39, 0.29) is 17.5 Å². The Balaban J connectivity index is 1.47. The average Bonchev–Trinajstić information content (AvgIpc) is 3.01. The number of rotatable bonds is 7. The van der Waals surface area contributed by atoms with Gasteiger partial charge in [-0.3, -0.25) is 9.59 Å². The molecule has 0 N–H and O–H groups in total. The van der Waals surface area contributed by atoms with E-state index in [0.29, 0.717) is 30.3 Å². The Morgan fingerprint density at radius 3 is 2.13 bits per heavy atom. The van der Waals surface area contributed by atoms with Gasteiger partial charge in [0.1, 0.15) is 0 Å². The standard InChI is InChI=1S/C32H33N3O4/c1-32(24-11-6-4-7-12-24,25-13-8-5-9-14-25)31(37)34-20-10-15-26(22-34)35-30(36)19-17-27(33-35)23-16-18-28(38-2)29(21-23)39-3/h4-9,11-14,16-19,21,26H,10,15,20,22H2,1-3H3. The lowest BCUT2D eigenvalue weighted by atomic mass is 9.74. The summed E-state index contributed by atoms with van der Waals surface area (Å²) >= 11 is 0. The molecule has 1 unspecified atom stereocenters. The lowest BCUT2D eigenvalue weighted by Crippen LogP contribution is -2.50. The van der Waals surface area contributed by atoms with E-state index in [1.165, 1.54) is 10.7 Å². The Morgan fingerprint density at radius 2 is 1.51 bits per heavy atom. The van der Waals surface area contributed by atoms with Crippen LogP contribution in [0.2, 0.25) is 0 Å². The fourth-order valence-corrected chi connectivity index (χ4v) is 5.45. The Kier molecular flexibility index (Phi) is 7.50. The van der Waals surface area contributed by atoms with Gasteiger partial charge in [0.05, 0.1) is 31.4 Å². The normalized spacial score (nSPS) is 15.6. The molecule has 1 atom stereocenters. The molecule has 3 aromatic carbocycles. The fourth-order valence-electron chi connectivity index (χ4n) is 5.45. The average molecular weight is 524 g/mol. The van der Waals surface area contributed by atoms with Gasteiger partial charge in [-0.2, -0.15) is 5.10 Å². The maximum absolute atomic E-state index is 14.3. The third-order valence-corrected chi connectivity index (χ3v) is 7.66. The first-order valence-corrected chi connectivity index (χ1v) is 13.2. The monoisotopic (exact) mass is 523 g/mol. The summed E-state index contributed by atoms with van der Waals surface area (Å²) in [6.07, 6.45) is 1.55. The zero-order chi connectivity index (χ0) is 27.4. The first kappa shape index (κ1) is 26.2. The van der Waals surface area contributed by atoms with Crippen molar-refractivity contribution in [2.24, 2.45) is 0 Å². The summed E-state index contributed by atoms with van der Waals surface area (Å²) in [5.74, 6) is 1.23. The highest BCUT2D eigenvalue weighted by Gasteiger charge is 2.41. The van der Waals surface area contributed by atoms with Gasteiger partial charge in [0.2, 0.25) is 5.91 Å². The van der Waals surface area contributed by atoms with Crippen molar-refractivity contribution in [1.82, 2.24) is 14.7 Å². The van der Waals surface area contributed by atoms with Crippen molar-refractivity contribution in [3.05, 3.63) is 112 Å². The highest BCUT2D eigenvalue weighted by atomic mass is 16.5. The Hall–Kier alpha value is -4.39. The van der Waals surface area contributed by atoms with Gasteiger partial charge in [0, 0.05) is 24.7 Å². The zero-order valence-corrected chi connectivity index (χ0v) is 22.5. The van der Waals surface area contributed by atoms with Gasteiger partial charge in [-0.15, -0.1) is 0 Å². The van der Waals surface area contributed by atoms with Crippen molar-refractivity contribution < 1.29 is 14.3 Å². The van der Waals surface area contributed by atoms with Gasteiger partial charge in [-0.05, 0) is 55.2 Å². The third-order valence-electron chi connectivity index (χ3n) is 7.66. The minimum Gasteiger partial charge on any atom is -0.493 e. The molecule has 1 aromatic heterocycles. The van der Waals surface area contributed by atoms with Gasteiger partial charge >= 0.3 is 0 Å². The van der Waals surface area contributed by atoms with Gasteiger partial charge in [-0.1, -0.05) is 60.7 Å². The quantitative estimate of drug-likeness (QED) is 0.337. The lowest BCUT2D eigenvalue weighted by molar-refractivity contribution is -0.137. The second kappa shape index (κ2) is 11.2. The number of likely N-dealkylation sites (tertiary alicyclic amines) is 1. The molecule has 4 aromatic rings. The number of piperidine rings is 1. The predicted octanol–water partition coefficient (Wildman–Crippen LogP) is 5.10. The summed E-state index contributed by atoms with van der Waals surface area (Å²) < 4.78 is 12.3. The SMILES string of the molecule is COc1ccc(-c2ccc(=O)n(C3CCCN(C(=O)C(C)(c4ccccc4)c4ccccc4)C3)n2)cc1OC. The maximum atomic E-state index is 14.3. The van der Waals surface area contributed by atoms with E-state index >= 15 is 0 Å². The van der Waals surface area contributed by atoms with Crippen molar-refractivity contribution >= 4 is 5.91 Å². The highest BCUT2D eigenvalue weighted by Crippen LogP contribution is 2.36. The molecular weight excluding hydrogens is 490 g/mol. The van der Waals surface area contributed by atoms with Crippen LogP contribution in [0.25, 0.3) is 11.3 Å². The number of carbonyl (C=O) groups excluding carboxylic acids is 1. The Bertz CT molecular complexity index is 1460. The molecule has 1 aliphatic heterocycles. The molecule has 1 aliphatic rings.